The summed E-state index contributed by atoms with van der Waals surface area (Å²) in [5, 5.41) is 3.71. The number of carbonyl (C=O) groups is 1. The molecule has 2 aromatic carbocycles. The summed E-state index contributed by atoms with van der Waals surface area (Å²) in [4.78, 5) is 30.5. The van der Waals surface area contributed by atoms with Crippen LogP contribution in [0.3, 0.4) is 0 Å². The van der Waals surface area contributed by atoms with Crippen LogP contribution in [-0.2, 0) is 30.7 Å². The Kier molecular flexibility index (Phi) is 7.50. The third-order valence-corrected chi connectivity index (χ3v) is 6.58. The minimum absolute atomic E-state index is 0.0173. The molecule has 0 aliphatic heterocycles. The fraction of sp³-hybridized carbons (Fsp3) is 0.192. The predicted octanol–water partition coefficient (Wildman–Crippen LogP) is 4.93. The predicted molar refractivity (Wildman–Crippen MR) is 135 cm³/mol. The molecule has 6 nitrogen and oxygen atoms in total. The quantitative estimate of drug-likeness (QED) is 0.323. The fourth-order valence-corrected chi connectivity index (χ4v) is 4.43. The Morgan fingerprint density at radius 2 is 1.79 bits per heavy atom. The Morgan fingerprint density at radius 1 is 1.06 bits per heavy atom. The average Bonchev–Trinajstić information content (AvgIpc) is 3.31. The van der Waals surface area contributed by atoms with E-state index in [1.807, 2.05) is 25.3 Å². The maximum atomic E-state index is 12.6. The van der Waals surface area contributed by atoms with Crippen LogP contribution in [0.1, 0.15) is 28.2 Å². The van der Waals surface area contributed by atoms with Gasteiger partial charge < -0.3 is 14.9 Å². The molecule has 0 radical (unpaired) electrons. The Morgan fingerprint density at radius 3 is 2.50 bits per heavy atom. The van der Waals surface area contributed by atoms with Gasteiger partial charge in [-0.05, 0) is 42.2 Å². The van der Waals surface area contributed by atoms with Gasteiger partial charge >= 0.3 is 0 Å². The van der Waals surface area contributed by atoms with Gasteiger partial charge in [-0.2, -0.15) is 0 Å². The maximum absolute atomic E-state index is 12.6. The number of carbonyl (C=O) groups excluding carboxylic acids is 1. The van der Waals surface area contributed by atoms with E-state index in [1.165, 1.54) is 5.56 Å². The van der Waals surface area contributed by atoms with Crippen LogP contribution in [0.15, 0.2) is 65.7 Å². The zero-order valence-corrected chi connectivity index (χ0v) is 20.2. The van der Waals surface area contributed by atoms with Gasteiger partial charge in [0.05, 0.1) is 18.4 Å². The highest BCUT2D eigenvalue weighted by Crippen LogP contribution is 2.27. The van der Waals surface area contributed by atoms with Crippen molar-refractivity contribution in [1.82, 2.24) is 19.9 Å². The number of imidazole rings is 1. The summed E-state index contributed by atoms with van der Waals surface area (Å²) in [6, 6.07) is 15.2. The Labute approximate surface area is 207 Å². The van der Waals surface area contributed by atoms with Crippen LogP contribution in [0.25, 0.3) is 11.3 Å². The lowest BCUT2D eigenvalue weighted by molar-refractivity contribution is -0.109. The molecule has 2 aromatic heterocycles. The zero-order chi connectivity index (χ0) is 24.1. The van der Waals surface area contributed by atoms with Crippen LogP contribution in [0.5, 0.6) is 0 Å². The van der Waals surface area contributed by atoms with Crippen molar-refractivity contribution in [3.8, 4) is 11.3 Å². The van der Waals surface area contributed by atoms with E-state index in [1.54, 1.807) is 30.5 Å². The number of benzene rings is 2. The van der Waals surface area contributed by atoms with Crippen molar-refractivity contribution in [3.05, 3.63) is 109 Å². The van der Waals surface area contributed by atoms with Crippen molar-refractivity contribution in [1.29, 1.82) is 0 Å². The van der Waals surface area contributed by atoms with Crippen molar-refractivity contribution in [2.24, 2.45) is 0 Å². The zero-order valence-electron chi connectivity index (χ0n) is 18.6. The fourth-order valence-electron chi connectivity index (χ4n) is 3.89. The summed E-state index contributed by atoms with van der Waals surface area (Å²) in [5.41, 5.74) is 5.46. The SMILES string of the molecule is Cc1c(Cc2c(Cl)cccc2Cl)c(=O)ccn1CCc1ccc(-c2cnc(CNC=O)[nH]2)cc1. The number of aryl methyl sites for hydroxylation is 2. The molecule has 0 unspecified atom stereocenters. The van der Waals surface area contributed by atoms with E-state index in [2.05, 4.69) is 32.0 Å². The van der Waals surface area contributed by atoms with E-state index >= 15 is 0 Å². The van der Waals surface area contributed by atoms with Crippen molar-refractivity contribution in [3.63, 3.8) is 0 Å². The van der Waals surface area contributed by atoms with Crippen LogP contribution in [0.2, 0.25) is 10.0 Å². The molecular weight excluding hydrogens is 471 g/mol. The highest BCUT2D eigenvalue weighted by molar-refractivity contribution is 6.36. The number of H-pyrrole nitrogens is 1. The molecule has 0 saturated carbocycles. The third-order valence-electron chi connectivity index (χ3n) is 5.87. The summed E-state index contributed by atoms with van der Waals surface area (Å²) in [5.74, 6) is 0.703. The second kappa shape index (κ2) is 10.7. The number of nitrogens with one attached hydrogen (secondary N) is 2. The van der Waals surface area contributed by atoms with Crippen LogP contribution >= 0.6 is 23.2 Å². The van der Waals surface area contributed by atoms with Crippen molar-refractivity contribution < 1.29 is 4.79 Å². The number of halogens is 2. The first-order valence-electron chi connectivity index (χ1n) is 10.9. The van der Waals surface area contributed by atoms with Gasteiger partial charge in [-0.25, -0.2) is 4.98 Å². The van der Waals surface area contributed by atoms with Crippen LogP contribution in [-0.4, -0.2) is 20.9 Å². The van der Waals surface area contributed by atoms with Gasteiger partial charge in [-0.15, -0.1) is 0 Å². The maximum Gasteiger partial charge on any atom is 0.207 e. The topological polar surface area (TPSA) is 79.8 Å². The lowest BCUT2D eigenvalue weighted by Gasteiger charge is -2.15. The van der Waals surface area contributed by atoms with E-state index in [0.29, 0.717) is 40.8 Å². The molecule has 2 N–H and O–H groups in total. The van der Waals surface area contributed by atoms with Gasteiger partial charge in [0.1, 0.15) is 5.82 Å². The Balaban J connectivity index is 1.46. The molecular formula is C26H24Cl2N4O2. The monoisotopic (exact) mass is 494 g/mol. The third kappa shape index (κ3) is 5.41. The van der Waals surface area contributed by atoms with Crippen LogP contribution in [0, 0.1) is 6.92 Å². The van der Waals surface area contributed by atoms with Crippen molar-refractivity contribution in [2.45, 2.75) is 32.9 Å². The van der Waals surface area contributed by atoms with Gasteiger partial charge in [0.25, 0.3) is 0 Å². The minimum atomic E-state index is -0.0173. The van der Waals surface area contributed by atoms with Gasteiger partial charge in [0.2, 0.25) is 6.41 Å². The number of pyridine rings is 1. The lowest BCUT2D eigenvalue weighted by atomic mass is 10.0. The smallest absolute Gasteiger partial charge is 0.207 e. The van der Waals surface area contributed by atoms with Gasteiger partial charge in [-0.3, -0.25) is 9.59 Å². The summed E-state index contributed by atoms with van der Waals surface area (Å²) >= 11 is 12.7. The first-order valence-corrected chi connectivity index (χ1v) is 11.6. The second-order valence-electron chi connectivity index (χ2n) is 8.00. The van der Waals surface area contributed by atoms with E-state index in [9.17, 15) is 9.59 Å². The standard InChI is InChI=1S/C26H24Cl2N4O2/c1-17-20(13-21-22(27)3-2-4-23(21)28)25(34)10-12-32(17)11-9-18-5-7-19(8-6-18)24-14-30-26(31-24)15-29-16-33/h2-8,10,12,14,16H,9,11,13,15H2,1H3,(H,29,33)(H,30,31). The molecule has 174 valence electrons. The normalized spacial score (nSPS) is 10.9. The number of nitrogens with zero attached hydrogens (tertiary/aromatic N) is 2. The number of hydrogen-bond donors (Lipinski definition) is 2. The second-order valence-corrected chi connectivity index (χ2v) is 8.82. The molecule has 0 bridgehead atoms. The summed E-state index contributed by atoms with van der Waals surface area (Å²) < 4.78 is 2.09. The number of aromatic amines is 1. The van der Waals surface area contributed by atoms with Gasteiger partial charge in [0.15, 0.2) is 5.43 Å². The average molecular weight is 495 g/mol. The van der Waals surface area contributed by atoms with Crippen LogP contribution in [0.4, 0.5) is 0 Å². The summed E-state index contributed by atoms with van der Waals surface area (Å²) in [6.45, 7) is 3.06. The van der Waals surface area contributed by atoms with E-state index in [0.717, 1.165) is 35.5 Å². The molecule has 0 fully saturated rings. The highest BCUT2D eigenvalue weighted by atomic mass is 35.5. The molecule has 4 aromatic rings. The van der Waals surface area contributed by atoms with Gasteiger partial charge in [-0.1, -0.05) is 53.5 Å². The first kappa shape index (κ1) is 23.8. The highest BCUT2D eigenvalue weighted by Gasteiger charge is 2.13. The molecule has 0 aliphatic carbocycles. The Hall–Kier alpha value is -3.35. The number of hydrogen-bond acceptors (Lipinski definition) is 3. The van der Waals surface area contributed by atoms with E-state index in [-0.39, 0.29) is 5.43 Å². The molecule has 8 heteroatoms. The summed E-state index contributed by atoms with van der Waals surface area (Å²) in [7, 11) is 0. The van der Waals surface area contributed by atoms with Crippen molar-refractivity contribution in [2.75, 3.05) is 0 Å². The molecule has 4 rings (SSSR count). The van der Waals surface area contributed by atoms with E-state index < -0.39 is 0 Å². The minimum Gasteiger partial charge on any atom is -0.351 e. The lowest BCUT2D eigenvalue weighted by Crippen LogP contribution is -2.18. The van der Waals surface area contributed by atoms with Crippen LogP contribution < -0.4 is 10.7 Å². The first-order chi connectivity index (χ1) is 16.5. The molecule has 0 spiro atoms. The Bertz CT molecular complexity index is 1340. The molecule has 34 heavy (non-hydrogen) atoms. The largest absolute Gasteiger partial charge is 0.351 e. The molecule has 2 heterocycles. The molecule has 0 atom stereocenters. The molecule has 0 aliphatic rings. The van der Waals surface area contributed by atoms with Gasteiger partial charge in [0, 0.05) is 46.5 Å². The number of rotatable bonds is 9. The number of aromatic nitrogens is 3. The molecule has 1 amide bonds. The molecule has 0 saturated heterocycles. The van der Waals surface area contributed by atoms with E-state index in [4.69, 9.17) is 23.2 Å². The van der Waals surface area contributed by atoms with Crippen molar-refractivity contribution >= 4 is 29.6 Å². The number of amides is 1. The summed E-state index contributed by atoms with van der Waals surface area (Å²) in [6.07, 6.45) is 5.45.